The number of hydrogen-bond acceptors (Lipinski definition) is 4. The number of hydrogen-bond donors (Lipinski definition) is 1. The average Bonchev–Trinajstić information content (AvgIpc) is 2.49. The summed E-state index contributed by atoms with van der Waals surface area (Å²) in [6.45, 7) is 16.1. The van der Waals surface area contributed by atoms with E-state index in [4.69, 9.17) is 0 Å². The molecule has 0 spiro atoms. The zero-order chi connectivity index (χ0) is 16.9. The lowest BCUT2D eigenvalue weighted by molar-refractivity contribution is 0.139. The summed E-state index contributed by atoms with van der Waals surface area (Å²) in [4.78, 5) is 11.9. The van der Waals surface area contributed by atoms with Crippen LogP contribution in [0.1, 0.15) is 20.8 Å². The molecule has 2 rings (SSSR count). The highest BCUT2D eigenvalue weighted by Gasteiger charge is 2.28. The molecule has 1 N–H and O–H groups in total. The number of likely N-dealkylation sites (N-methyl/N-ethyl adjacent to an activating group) is 1. The van der Waals surface area contributed by atoms with Gasteiger partial charge < -0.3 is 20.0 Å². The number of halogens is 1. The number of nitrogens with zero attached hydrogens (tertiary/aromatic N) is 4. The Bertz CT molecular complexity index is 396. The molecule has 0 radical (unpaired) electrons. The predicted molar refractivity (Wildman–Crippen MR) is 118 cm³/mol. The van der Waals surface area contributed by atoms with Crippen molar-refractivity contribution >= 4 is 41.7 Å². The van der Waals surface area contributed by atoms with Crippen molar-refractivity contribution in [2.24, 2.45) is 10.9 Å². The lowest BCUT2D eigenvalue weighted by Gasteiger charge is -2.39. The van der Waals surface area contributed by atoms with E-state index in [-0.39, 0.29) is 24.0 Å². The monoisotopic (exact) mass is 469 g/mol. The van der Waals surface area contributed by atoms with Gasteiger partial charge >= 0.3 is 0 Å². The molecule has 0 aromatic heterocycles. The summed E-state index contributed by atoms with van der Waals surface area (Å²) >= 11 is 2.06. The first-order valence-electron chi connectivity index (χ1n) is 8.90. The van der Waals surface area contributed by atoms with Crippen LogP contribution in [0.15, 0.2) is 4.99 Å². The molecule has 0 amide bonds. The van der Waals surface area contributed by atoms with E-state index in [1.165, 1.54) is 38.5 Å². The van der Waals surface area contributed by atoms with Crippen LogP contribution in [0.5, 0.6) is 0 Å². The Morgan fingerprint density at radius 3 is 2.46 bits per heavy atom. The molecule has 0 bridgehead atoms. The fourth-order valence-corrected chi connectivity index (χ4v) is 4.44. The van der Waals surface area contributed by atoms with Crippen molar-refractivity contribution in [1.29, 1.82) is 0 Å². The van der Waals surface area contributed by atoms with E-state index >= 15 is 0 Å². The molecule has 5 nitrogen and oxygen atoms in total. The van der Waals surface area contributed by atoms with Gasteiger partial charge in [-0.25, -0.2) is 0 Å². The van der Waals surface area contributed by atoms with Crippen molar-refractivity contribution in [2.75, 3.05) is 72.2 Å². The molecular weight excluding hydrogens is 433 g/mol. The van der Waals surface area contributed by atoms with Crippen LogP contribution in [0.3, 0.4) is 0 Å². The predicted octanol–water partition coefficient (Wildman–Crippen LogP) is 1.89. The van der Waals surface area contributed by atoms with E-state index in [1.807, 2.05) is 7.05 Å². The Kier molecular flexibility index (Phi) is 9.69. The number of rotatable bonds is 4. The Balaban J connectivity index is 0.00000288. The maximum absolute atomic E-state index is 4.51. The lowest BCUT2D eigenvalue weighted by Crippen LogP contribution is -2.52. The van der Waals surface area contributed by atoms with Crippen LogP contribution in [0.2, 0.25) is 0 Å². The van der Waals surface area contributed by atoms with Gasteiger partial charge in [0, 0.05) is 69.9 Å². The van der Waals surface area contributed by atoms with E-state index < -0.39 is 0 Å². The van der Waals surface area contributed by atoms with Crippen molar-refractivity contribution in [1.82, 2.24) is 20.0 Å². The largest absolute Gasteiger partial charge is 0.356 e. The third kappa shape index (κ3) is 7.25. The zero-order valence-electron chi connectivity index (χ0n) is 16.0. The smallest absolute Gasteiger partial charge is 0.193 e. The van der Waals surface area contributed by atoms with Crippen LogP contribution in [0.25, 0.3) is 0 Å². The van der Waals surface area contributed by atoms with Crippen molar-refractivity contribution in [2.45, 2.75) is 25.5 Å². The molecule has 142 valence electrons. The molecule has 0 saturated carbocycles. The van der Waals surface area contributed by atoms with Crippen LogP contribution in [0, 0.1) is 5.92 Å². The zero-order valence-corrected chi connectivity index (χ0v) is 19.2. The molecule has 2 heterocycles. The second kappa shape index (κ2) is 10.4. The van der Waals surface area contributed by atoms with Gasteiger partial charge in [-0.1, -0.05) is 6.92 Å². The first kappa shape index (κ1) is 22.3. The summed E-state index contributed by atoms with van der Waals surface area (Å²) in [6.07, 6.45) is 0. The van der Waals surface area contributed by atoms with Crippen LogP contribution in [-0.2, 0) is 0 Å². The minimum Gasteiger partial charge on any atom is -0.356 e. The first-order valence-corrected chi connectivity index (χ1v) is 9.88. The number of piperazine rings is 1. The molecule has 0 aromatic rings. The van der Waals surface area contributed by atoms with Crippen LogP contribution in [-0.4, -0.2) is 97.6 Å². The van der Waals surface area contributed by atoms with E-state index in [0.717, 1.165) is 25.6 Å². The second-order valence-corrected chi connectivity index (χ2v) is 9.47. The quantitative estimate of drug-likeness (QED) is 0.387. The van der Waals surface area contributed by atoms with Gasteiger partial charge in [0.2, 0.25) is 0 Å². The highest BCUT2D eigenvalue weighted by atomic mass is 127. The highest BCUT2D eigenvalue weighted by Crippen LogP contribution is 2.29. The third-order valence-corrected chi connectivity index (χ3v) is 6.01. The van der Waals surface area contributed by atoms with Gasteiger partial charge in [-0.05, 0) is 26.8 Å². The fourth-order valence-electron chi connectivity index (χ4n) is 3.33. The minimum absolute atomic E-state index is 0. The number of aliphatic imine (C=N–C) groups is 1. The molecule has 24 heavy (non-hydrogen) atoms. The summed E-state index contributed by atoms with van der Waals surface area (Å²) in [5.41, 5.74) is 0. The number of thioether (sulfide) groups is 1. The van der Waals surface area contributed by atoms with Gasteiger partial charge in [-0.15, -0.1) is 24.0 Å². The summed E-state index contributed by atoms with van der Waals surface area (Å²) in [5.74, 6) is 2.90. The molecule has 7 heteroatoms. The number of nitrogens with one attached hydrogen (secondary N) is 1. The third-order valence-electron chi connectivity index (χ3n) is 4.71. The summed E-state index contributed by atoms with van der Waals surface area (Å²) in [6, 6.07) is 0. The Morgan fingerprint density at radius 2 is 1.88 bits per heavy atom. The van der Waals surface area contributed by atoms with Gasteiger partial charge in [-0.3, -0.25) is 4.99 Å². The summed E-state index contributed by atoms with van der Waals surface area (Å²) in [5, 5.41) is 3.60. The second-order valence-electron chi connectivity index (χ2n) is 7.67. The Hall–Kier alpha value is 0.270. The lowest BCUT2D eigenvalue weighted by atomic mass is 10.1. The standard InChI is InChI=1S/C17H35N5S.HI/c1-15(13-21-8-6-20(5)7-9-21)12-19-16(18-4)22-10-11-23-17(2,3)14-22;/h15H,6-14H2,1-5H3,(H,18,19);1H. The molecule has 1 atom stereocenters. The minimum atomic E-state index is 0. The number of guanidine groups is 1. The van der Waals surface area contributed by atoms with Crippen molar-refractivity contribution in [3.05, 3.63) is 0 Å². The highest BCUT2D eigenvalue weighted by molar-refractivity contribution is 14.0. The normalized spacial score (nSPS) is 24.4. The Morgan fingerprint density at radius 1 is 1.21 bits per heavy atom. The van der Waals surface area contributed by atoms with Gasteiger partial charge in [-0.2, -0.15) is 11.8 Å². The maximum atomic E-state index is 4.51. The van der Waals surface area contributed by atoms with Crippen molar-refractivity contribution < 1.29 is 0 Å². The van der Waals surface area contributed by atoms with E-state index in [1.54, 1.807) is 0 Å². The molecule has 0 aromatic carbocycles. The molecule has 2 saturated heterocycles. The van der Waals surface area contributed by atoms with Gasteiger partial charge in [0.1, 0.15) is 0 Å². The molecular formula is C17H36IN5S. The van der Waals surface area contributed by atoms with Gasteiger partial charge in [0.05, 0.1) is 0 Å². The molecule has 1 unspecified atom stereocenters. The van der Waals surface area contributed by atoms with Crippen molar-refractivity contribution in [3.8, 4) is 0 Å². The average molecular weight is 469 g/mol. The van der Waals surface area contributed by atoms with Crippen molar-refractivity contribution in [3.63, 3.8) is 0 Å². The fraction of sp³-hybridized carbons (Fsp3) is 0.941. The van der Waals surface area contributed by atoms with Gasteiger partial charge in [0.25, 0.3) is 0 Å². The summed E-state index contributed by atoms with van der Waals surface area (Å²) < 4.78 is 0.321. The molecule has 2 aliphatic heterocycles. The summed E-state index contributed by atoms with van der Waals surface area (Å²) in [7, 11) is 4.12. The van der Waals surface area contributed by atoms with Crippen LogP contribution >= 0.6 is 35.7 Å². The SMILES string of the molecule is CN=C(NCC(C)CN1CCN(C)CC1)N1CCSC(C)(C)C1.I. The molecule has 2 aliphatic rings. The van der Waals surface area contributed by atoms with E-state index in [9.17, 15) is 0 Å². The topological polar surface area (TPSA) is 34.1 Å². The maximum Gasteiger partial charge on any atom is 0.193 e. The molecule has 0 aliphatic carbocycles. The first-order chi connectivity index (χ1) is 10.9. The van der Waals surface area contributed by atoms with Gasteiger partial charge in [0.15, 0.2) is 5.96 Å². The Labute approximate surface area is 170 Å². The van der Waals surface area contributed by atoms with E-state index in [0.29, 0.717) is 10.7 Å². The van der Waals surface area contributed by atoms with Crippen LogP contribution in [0.4, 0.5) is 0 Å². The molecule has 2 fully saturated rings. The van der Waals surface area contributed by atoms with E-state index in [2.05, 4.69) is 64.6 Å². The van der Waals surface area contributed by atoms with Crippen LogP contribution < -0.4 is 5.32 Å².